The average Bonchev–Trinajstić information content (AvgIpc) is 2.61. The molecule has 26 heavy (non-hydrogen) atoms. The lowest BCUT2D eigenvalue weighted by Crippen LogP contribution is -2.40. The van der Waals surface area contributed by atoms with Crippen molar-refractivity contribution in [2.45, 2.75) is 19.9 Å². The predicted molar refractivity (Wildman–Crippen MR) is 105 cm³/mol. The van der Waals surface area contributed by atoms with Gasteiger partial charge in [-0.3, -0.25) is 0 Å². The quantitative estimate of drug-likeness (QED) is 0.459. The Morgan fingerprint density at radius 1 is 1.19 bits per heavy atom. The average molecular weight is 372 g/mol. The first-order valence-electron chi connectivity index (χ1n) is 8.36. The zero-order valence-electron chi connectivity index (χ0n) is 14.8. The molecular formula is C18H22ClN7. The van der Waals surface area contributed by atoms with Crippen LogP contribution in [0.3, 0.4) is 0 Å². The molecule has 136 valence electrons. The summed E-state index contributed by atoms with van der Waals surface area (Å²) in [7, 11) is 0. The highest BCUT2D eigenvalue weighted by atomic mass is 35.5. The van der Waals surface area contributed by atoms with Gasteiger partial charge in [0.05, 0.1) is 0 Å². The van der Waals surface area contributed by atoms with Crippen LogP contribution in [0.15, 0.2) is 47.5 Å². The summed E-state index contributed by atoms with van der Waals surface area (Å²) in [5.74, 6) is 1.93. The van der Waals surface area contributed by atoms with Crippen LogP contribution in [0, 0.1) is 13.8 Å². The van der Waals surface area contributed by atoms with Crippen LogP contribution in [0.5, 0.6) is 0 Å². The van der Waals surface area contributed by atoms with Gasteiger partial charge in [0.1, 0.15) is 29.2 Å². The number of halogens is 1. The smallest absolute Gasteiger partial charge is 0.195 e. The van der Waals surface area contributed by atoms with Crippen LogP contribution >= 0.6 is 11.6 Å². The molecule has 1 atom stereocenters. The second-order valence-corrected chi connectivity index (χ2v) is 6.42. The van der Waals surface area contributed by atoms with E-state index in [0.717, 1.165) is 11.4 Å². The number of nitrogens with zero attached hydrogens (tertiary/aromatic N) is 3. The van der Waals surface area contributed by atoms with Crippen LogP contribution in [0.2, 0.25) is 5.15 Å². The minimum Gasteiger partial charge on any atom is -0.370 e. The van der Waals surface area contributed by atoms with Gasteiger partial charge in [-0.15, -0.1) is 0 Å². The van der Waals surface area contributed by atoms with E-state index in [1.165, 1.54) is 17.5 Å². The minimum absolute atomic E-state index is 0.104. The maximum Gasteiger partial charge on any atom is 0.195 e. The van der Waals surface area contributed by atoms with Gasteiger partial charge in [-0.2, -0.15) is 0 Å². The maximum atomic E-state index is 5.96. The Morgan fingerprint density at radius 2 is 2.00 bits per heavy atom. The summed E-state index contributed by atoms with van der Waals surface area (Å²) in [5.41, 5.74) is 9.59. The molecule has 1 aliphatic rings. The van der Waals surface area contributed by atoms with Crippen LogP contribution in [0.4, 0.5) is 5.82 Å². The lowest BCUT2D eigenvalue weighted by atomic mass is 9.97. The normalized spacial score (nSPS) is 16.3. The molecule has 5 N–H and O–H groups in total. The van der Waals surface area contributed by atoms with E-state index in [9.17, 15) is 0 Å². The van der Waals surface area contributed by atoms with E-state index in [-0.39, 0.29) is 6.04 Å². The Hall–Kier alpha value is -2.80. The molecule has 3 rings (SSSR count). The van der Waals surface area contributed by atoms with E-state index in [4.69, 9.17) is 17.3 Å². The molecule has 1 aromatic carbocycles. The lowest BCUT2D eigenvalue weighted by molar-refractivity contribution is 0.724. The summed E-state index contributed by atoms with van der Waals surface area (Å²) >= 11 is 5.84. The van der Waals surface area contributed by atoms with Crippen molar-refractivity contribution in [3.05, 3.63) is 64.3 Å². The fraction of sp³-hybridized carbons (Fsp3) is 0.278. The Kier molecular flexibility index (Phi) is 5.58. The van der Waals surface area contributed by atoms with Crippen LogP contribution in [0.25, 0.3) is 0 Å². The Bertz CT molecular complexity index is 847. The molecule has 0 saturated heterocycles. The summed E-state index contributed by atoms with van der Waals surface area (Å²) in [6, 6.07) is 7.81. The Morgan fingerprint density at radius 3 is 2.81 bits per heavy atom. The molecule has 0 amide bonds. The first-order chi connectivity index (χ1) is 12.5. The largest absolute Gasteiger partial charge is 0.370 e. The first kappa shape index (κ1) is 18.0. The number of anilines is 1. The predicted octanol–water partition coefficient (Wildman–Crippen LogP) is 2.25. The van der Waals surface area contributed by atoms with E-state index < -0.39 is 0 Å². The fourth-order valence-electron chi connectivity index (χ4n) is 2.73. The van der Waals surface area contributed by atoms with Crippen molar-refractivity contribution in [3.8, 4) is 0 Å². The minimum atomic E-state index is -0.104. The highest BCUT2D eigenvalue weighted by Crippen LogP contribution is 2.26. The number of hydrogen-bond donors (Lipinski definition) is 4. The second-order valence-electron chi connectivity index (χ2n) is 6.03. The topological polar surface area (TPSA) is 100 Å². The summed E-state index contributed by atoms with van der Waals surface area (Å²) in [6.45, 7) is 5.54. The van der Waals surface area contributed by atoms with Crippen LogP contribution in [0.1, 0.15) is 22.7 Å². The number of nitrogens with two attached hydrogens (primary N) is 1. The maximum absolute atomic E-state index is 5.96. The van der Waals surface area contributed by atoms with Gasteiger partial charge in [0.25, 0.3) is 0 Å². The van der Waals surface area contributed by atoms with Gasteiger partial charge in [-0.25, -0.2) is 15.0 Å². The second kappa shape index (κ2) is 8.05. The molecule has 2 aromatic rings. The molecule has 2 heterocycles. The molecule has 0 bridgehead atoms. The van der Waals surface area contributed by atoms with Crippen LogP contribution < -0.4 is 21.7 Å². The number of aromatic nitrogens is 2. The van der Waals surface area contributed by atoms with Crippen molar-refractivity contribution in [1.82, 2.24) is 20.6 Å². The van der Waals surface area contributed by atoms with Crippen LogP contribution in [-0.4, -0.2) is 29.0 Å². The first-order valence-corrected chi connectivity index (χ1v) is 8.74. The molecule has 1 unspecified atom stereocenters. The zero-order chi connectivity index (χ0) is 18.5. The monoisotopic (exact) mass is 371 g/mol. The number of aliphatic imine (C=N–C) groups is 1. The van der Waals surface area contributed by atoms with Crippen molar-refractivity contribution in [2.24, 2.45) is 10.7 Å². The zero-order valence-corrected chi connectivity index (χ0v) is 15.5. The molecule has 0 saturated carbocycles. The van der Waals surface area contributed by atoms with E-state index in [2.05, 4.69) is 56.9 Å². The van der Waals surface area contributed by atoms with Crippen molar-refractivity contribution in [3.63, 3.8) is 0 Å². The highest BCUT2D eigenvalue weighted by Gasteiger charge is 2.17. The van der Waals surface area contributed by atoms with Gasteiger partial charge >= 0.3 is 0 Å². The number of rotatable bonds is 6. The van der Waals surface area contributed by atoms with Crippen molar-refractivity contribution in [2.75, 3.05) is 18.4 Å². The molecule has 7 nitrogen and oxygen atoms in total. The van der Waals surface area contributed by atoms with Gasteiger partial charge in [-0.05, 0) is 36.6 Å². The highest BCUT2D eigenvalue weighted by molar-refractivity contribution is 6.29. The van der Waals surface area contributed by atoms with Crippen molar-refractivity contribution < 1.29 is 0 Å². The summed E-state index contributed by atoms with van der Waals surface area (Å²) in [4.78, 5) is 12.5. The molecule has 0 fully saturated rings. The third-order valence-corrected chi connectivity index (χ3v) is 4.42. The molecule has 1 aliphatic heterocycles. The van der Waals surface area contributed by atoms with Gasteiger partial charge in [0, 0.05) is 19.2 Å². The number of guanidine groups is 1. The van der Waals surface area contributed by atoms with E-state index in [1.54, 1.807) is 6.07 Å². The van der Waals surface area contributed by atoms with Crippen molar-refractivity contribution >= 4 is 23.4 Å². The number of aryl methyl sites for hydroxylation is 1. The molecule has 0 spiro atoms. The number of nitrogens with one attached hydrogen (secondary N) is 3. The third-order valence-electron chi connectivity index (χ3n) is 4.21. The standard InChI is InChI=1S/C18H22ClN7/c1-11-4-3-5-13(12(11)2)14-8-17(26-18(20)25-14)22-7-6-21-16-9-15(19)23-10-24-16/h3-5,8-10,14,22H,6-7H2,1-2H3,(H3,20,25,26)(H,21,23,24). The van der Waals surface area contributed by atoms with E-state index in [1.807, 2.05) is 12.1 Å². The van der Waals surface area contributed by atoms with Crippen molar-refractivity contribution in [1.29, 1.82) is 0 Å². The summed E-state index contributed by atoms with van der Waals surface area (Å²) in [6.07, 6.45) is 3.47. The van der Waals surface area contributed by atoms with Crippen LogP contribution in [-0.2, 0) is 0 Å². The molecule has 1 aromatic heterocycles. The molecular weight excluding hydrogens is 350 g/mol. The Balaban J connectivity index is 1.61. The molecule has 0 radical (unpaired) electrons. The number of benzene rings is 1. The van der Waals surface area contributed by atoms with Gasteiger partial charge in [-0.1, -0.05) is 29.8 Å². The van der Waals surface area contributed by atoms with E-state index >= 15 is 0 Å². The summed E-state index contributed by atoms with van der Waals surface area (Å²) in [5, 5.41) is 9.97. The summed E-state index contributed by atoms with van der Waals surface area (Å²) < 4.78 is 0. The molecule has 0 aliphatic carbocycles. The SMILES string of the molecule is Cc1cccc(C2C=C(NCCNc3cc(Cl)ncn3)NC(N)=N2)c1C. The van der Waals surface area contributed by atoms with Gasteiger partial charge in [0.2, 0.25) is 0 Å². The third kappa shape index (κ3) is 4.43. The fourth-order valence-corrected chi connectivity index (χ4v) is 2.88. The van der Waals surface area contributed by atoms with Gasteiger partial charge in [0.15, 0.2) is 5.96 Å². The number of hydrogen-bond acceptors (Lipinski definition) is 7. The lowest BCUT2D eigenvalue weighted by Gasteiger charge is -2.23. The van der Waals surface area contributed by atoms with Gasteiger partial charge < -0.3 is 21.7 Å². The van der Waals surface area contributed by atoms with E-state index in [0.29, 0.717) is 30.0 Å². The molecule has 8 heteroatoms. The Labute approximate surface area is 157 Å².